The third kappa shape index (κ3) is 4.92. The first-order valence-electron chi connectivity index (χ1n) is 8.04. The number of hydrogen-bond acceptors (Lipinski definition) is 6. The second-order valence-electron chi connectivity index (χ2n) is 7.01. The molecule has 0 radical (unpaired) electrons. The molecule has 2 heterocycles. The maximum Gasteiger partial charge on any atom is 0.410 e. The van der Waals surface area contributed by atoms with Gasteiger partial charge in [0.05, 0.1) is 4.92 Å². The zero-order valence-electron chi connectivity index (χ0n) is 14.6. The second-order valence-corrected chi connectivity index (χ2v) is 7.01. The van der Waals surface area contributed by atoms with Crippen LogP contribution in [0.15, 0.2) is 6.20 Å². The van der Waals surface area contributed by atoms with E-state index < -0.39 is 10.5 Å². The molecule has 1 saturated heterocycles. The molecular formula is C15H25N5O4. The molecule has 1 aliphatic heterocycles. The molecule has 0 unspecified atom stereocenters. The Kier molecular flexibility index (Phi) is 5.43. The number of carbonyl (C=O) groups is 1. The monoisotopic (exact) mass is 339 g/mol. The molecule has 0 spiro atoms. The first-order valence-corrected chi connectivity index (χ1v) is 8.04. The SMILES string of the molecule is Cn1cc([N+](=O)[O-])c(CNC2CCN(C(=O)OC(C)(C)C)CC2)n1. The molecule has 0 saturated carbocycles. The Morgan fingerprint density at radius 1 is 1.46 bits per heavy atom. The molecule has 1 fully saturated rings. The van der Waals surface area contributed by atoms with Gasteiger partial charge in [0.1, 0.15) is 11.8 Å². The van der Waals surface area contributed by atoms with Gasteiger partial charge in [-0.05, 0) is 33.6 Å². The van der Waals surface area contributed by atoms with Crippen LogP contribution >= 0.6 is 0 Å². The molecule has 24 heavy (non-hydrogen) atoms. The van der Waals surface area contributed by atoms with Crippen LogP contribution in [0.3, 0.4) is 0 Å². The number of aromatic nitrogens is 2. The van der Waals surface area contributed by atoms with Gasteiger partial charge in [0.2, 0.25) is 0 Å². The number of nitrogens with one attached hydrogen (secondary N) is 1. The third-order valence-electron chi connectivity index (χ3n) is 3.78. The lowest BCUT2D eigenvalue weighted by Crippen LogP contribution is -2.46. The number of amides is 1. The normalized spacial score (nSPS) is 16.2. The molecule has 0 bridgehead atoms. The molecule has 9 heteroatoms. The van der Waals surface area contributed by atoms with E-state index in [1.165, 1.54) is 10.9 Å². The molecule has 1 aromatic heterocycles. The van der Waals surface area contributed by atoms with Crippen molar-refractivity contribution >= 4 is 11.8 Å². The van der Waals surface area contributed by atoms with E-state index >= 15 is 0 Å². The van der Waals surface area contributed by atoms with Crippen molar-refractivity contribution in [1.29, 1.82) is 0 Å². The summed E-state index contributed by atoms with van der Waals surface area (Å²) in [6.45, 7) is 7.10. The minimum atomic E-state index is -0.496. The molecule has 0 atom stereocenters. The van der Waals surface area contributed by atoms with Crippen molar-refractivity contribution in [3.8, 4) is 0 Å². The van der Waals surface area contributed by atoms with Gasteiger partial charge in [-0.25, -0.2) is 4.79 Å². The minimum absolute atomic E-state index is 0.0243. The summed E-state index contributed by atoms with van der Waals surface area (Å²) in [6.07, 6.45) is 2.67. The number of carbonyl (C=O) groups excluding carboxylic acids is 1. The Hall–Kier alpha value is -2.16. The predicted molar refractivity (Wildman–Crippen MR) is 87.5 cm³/mol. The average Bonchev–Trinajstić information content (AvgIpc) is 2.85. The van der Waals surface area contributed by atoms with Gasteiger partial charge in [-0.3, -0.25) is 14.8 Å². The van der Waals surface area contributed by atoms with Crippen LogP contribution < -0.4 is 5.32 Å². The summed E-state index contributed by atoms with van der Waals surface area (Å²) < 4.78 is 6.81. The Morgan fingerprint density at radius 2 is 2.08 bits per heavy atom. The third-order valence-corrected chi connectivity index (χ3v) is 3.78. The first-order chi connectivity index (χ1) is 11.2. The number of ether oxygens (including phenoxy) is 1. The fourth-order valence-corrected chi connectivity index (χ4v) is 2.63. The van der Waals surface area contributed by atoms with Crippen LogP contribution in [-0.4, -0.2) is 50.4 Å². The summed E-state index contributed by atoms with van der Waals surface area (Å²) in [7, 11) is 1.66. The van der Waals surface area contributed by atoms with E-state index in [0.717, 1.165) is 12.8 Å². The highest BCUT2D eigenvalue weighted by Gasteiger charge is 2.27. The number of aryl methyl sites for hydroxylation is 1. The fraction of sp³-hybridized carbons (Fsp3) is 0.733. The largest absolute Gasteiger partial charge is 0.444 e. The summed E-state index contributed by atoms with van der Waals surface area (Å²) >= 11 is 0. The van der Waals surface area contributed by atoms with Crippen molar-refractivity contribution in [1.82, 2.24) is 20.0 Å². The number of piperidine rings is 1. The standard InChI is InChI=1S/C15H25N5O4/c1-15(2,3)24-14(21)19-7-5-11(6-8-19)16-9-12-13(20(22)23)10-18(4)17-12/h10-11,16H,5-9H2,1-4H3. The van der Waals surface area contributed by atoms with Crippen LogP contribution in [0.4, 0.5) is 10.5 Å². The molecule has 0 aromatic carbocycles. The van der Waals surface area contributed by atoms with Crippen LogP contribution in [0.25, 0.3) is 0 Å². The number of hydrogen-bond donors (Lipinski definition) is 1. The Labute approximate surface area is 141 Å². The number of nitro groups is 1. The van der Waals surface area contributed by atoms with Gasteiger partial charge in [-0.2, -0.15) is 5.10 Å². The van der Waals surface area contributed by atoms with E-state index in [4.69, 9.17) is 4.74 Å². The lowest BCUT2D eigenvalue weighted by atomic mass is 10.1. The molecule has 1 aliphatic rings. The summed E-state index contributed by atoms with van der Waals surface area (Å²) in [6, 6.07) is 0.199. The Bertz CT molecular complexity index is 599. The van der Waals surface area contributed by atoms with Crippen LogP contribution in [0, 0.1) is 10.1 Å². The summed E-state index contributed by atoms with van der Waals surface area (Å²) in [4.78, 5) is 24.3. The molecule has 9 nitrogen and oxygen atoms in total. The lowest BCUT2D eigenvalue weighted by Gasteiger charge is -2.33. The fourth-order valence-electron chi connectivity index (χ4n) is 2.63. The first kappa shape index (κ1) is 18.2. The van der Waals surface area contributed by atoms with E-state index in [9.17, 15) is 14.9 Å². The van der Waals surface area contributed by atoms with Crippen molar-refractivity contribution in [2.45, 2.75) is 51.8 Å². The van der Waals surface area contributed by atoms with Gasteiger partial charge in [-0.1, -0.05) is 0 Å². The van der Waals surface area contributed by atoms with Crippen molar-refractivity contribution in [2.24, 2.45) is 7.05 Å². The van der Waals surface area contributed by atoms with E-state index in [1.54, 1.807) is 11.9 Å². The topological polar surface area (TPSA) is 103 Å². The zero-order chi connectivity index (χ0) is 17.9. The van der Waals surface area contributed by atoms with Crippen molar-refractivity contribution in [3.63, 3.8) is 0 Å². The van der Waals surface area contributed by atoms with Gasteiger partial charge < -0.3 is 15.0 Å². The summed E-state index contributed by atoms with van der Waals surface area (Å²) in [5.74, 6) is 0. The van der Waals surface area contributed by atoms with E-state index in [-0.39, 0.29) is 17.8 Å². The number of rotatable bonds is 4. The molecule has 1 aromatic rings. The summed E-state index contributed by atoms with van der Waals surface area (Å²) in [5, 5.41) is 18.4. The van der Waals surface area contributed by atoms with E-state index in [2.05, 4.69) is 10.4 Å². The highest BCUT2D eigenvalue weighted by atomic mass is 16.6. The van der Waals surface area contributed by atoms with Gasteiger partial charge in [0.25, 0.3) is 0 Å². The van der Waals surface area contributed by atoms with E-state index in [0.29, 0.717) is 25.3 Å². The van der Waals surface area contributed by atoms with Crippen LogP contribution in [0.1, 0.15) is 39.3 Å². The maximum absolute atomic E-state index is 12.0. The smallest absolute Gasteiger partial charge is 0.410 e. The molecular weight excluding hydrogens is 314 g/mol. The van der Waals surface area contributed by atoms with Gasteiger partial charge in [0, 0.05) is 32.7 Å². The van der Waals surface area contributed by atoms with Gasteiger partial charge in [0.15, 0.2) is 5.69 Å². The van der Waals surface area contributed by atoms with Crippen molar-refractivity contribution in [2.75, 3.05) is 13.1 Å². The van der Waals surface area contributed by atoms with Crippen LogP contribution in [0.2, 0.25) is 0 Å². The van der Waals surface area contributed by atoms with Crippen molar-refractivity contribution < 1.29 is 14.5 Å². The zero-order valence-corrected chi connectivity index (χ0v) is 14.6. The number of likely N-dealkylation sites (tertiary alicyclic amines) is 1. The van der Waals surface area contributed by atoms with Crippen molar-refractivity contribution in [3.05, 3.63) is 22.0 Å². The second kappa shape index (κ2) is 7.16. The molecule has 1 N–H and O–H groups in total. The summed E-state index contributed by atoms with van der Waals surface area (Å²) in [5.41, 5.74) is -0.0438. The lowest BCUT2D eigenvalue weighted by molar-refractivity contribution is -0.385. The quantitative estimate of drug-likeness (QED) is 0.663. The molecule has 1 amide bonds. The molecule has 134 valence electrons. The average molecular weight is 339 g/mol. The van der Waals surface area contributed by atoms with Crippen LogP contribution in [0.5, 0.6) is 0 Å². The maximum atomic E-state index is 12.0. The van der Waals surface area contributed by atoms with E-state index in [1.807, 2.05) is 20.8 Å². The number of nitrogens with zero attached hydrogens (tertiary/aromatic N) is 4. The Balaban J connectivity index is 1.82. The molecule has 2 rings (SSSR count). The van der Waals surface area contributed by atoms with Gasteiger partial charge >= 0.3 is 11.8 Å². The predicted octanol–water partition coefficient (Wildman–Crippen LogP) is 1.82. The highest BCUT2D eigenvalue weighted by molar-refractivity contribution is 5.68. The van der Waals surface area contributed by atoms with Crippen LogP contribution in [-0.2, 0) is 18.3 Å². The highest BCUT2D eigenvalue weighted by Crippen LogP contribution is 2.18. The Morgan fingerprint density at radius 3 is 2.62 bits per heavy atom. The molecule has 0 aliphatic carbocycles. The minimum Gasteiger partial charge on any atom is -0.444 e. The van der Waals surface area contributed by atoms with Gasteiger partial charge in [-0.15, -0.1) is 0 Å².